The molecule has 1 aliphatic heterocycles. The predicted octanol–water partition coefficient (Wildman–Crippen LogP) is 4.14. The second kappa shape index (κ2) is 12.9. The van der Waals surface area contributed by atoms with Crippen molar-refractivity contribution in [3.05, 3.63) is 71.7 Å². The van der Waals surface area contributed by atoms with Gasteiger partial charge in [0.05, 0.1) is 17.4 Å². The van der Waals surface area contributed by atoms with Crippen molar-refractivity contribution in [3.8, 4) is 11.1 Å². The molecule has 2 aromatic heterocycles. The molecule has 0 unspecified atom stereocenters. The van der Waals surface area contributed by atoms with Gasteiger partial charge < -0.3 is 24.5 Å². The van der Waals surface area contributed by atoms with Gasteiger partial charge in [-0.15, -0.1) is 0 Å². The second-order valence-electron chi connectivity index (χ2n) is 11.6. The first-order chi connectivity index (χ1) is 20.2. The Balaban J connectivity index is 1.50. The lowest BCUT2D eigenvalue weighted by atomic mass is 9.97. The highest BCUT2D eigenvalue weighted by atomic mass is 19.4. The average Bonchev–Trinajstić information content (AvgIpc) is 3.47. The fourth-order valence-electron chi connectivity index (χ4n) is 4.56. The van der Waals surface area contributed by atoms with Crippen LogP contribution in [0.1, 0.15) is 48.4 Å². The SMILES string of the molecule is CN(C)CC=CC(=O)N1CCN(c2cnccc2-c2ccc(CNC(=O)c3noc(C(C)(C)C)n3)c(C(F)(F)F)c2)CC1. The molecule has 1 N–H and O–H groups in total. The molecule has 0 saturated carbocycles. The number of halogens is 3. The van der Waals surface area contributed by atoms with Gasteiger partial charge in [-0.05, 0) is 37.4 Å². The summed E-state index contributed by atoms with van der Waals surface area (Å²) < 4.78 is 47.7. The number of likely N-dealkylation sites (N-methyl/N-ethyl adjacent to an activating group) is 1. The number of rotatable bonds is 8. The lowest BCUT2D eigenvalue weighted by molar-refractivity contribution is -0.138. The van der Waals surface area contributed by atoms with E-state index < -0.39 is 23.1 Å². The van der Waals surface area contributed by atoms with Crippen LogP contribution in [0, 0.1) is 0 Å². The number of benzene rings is 1. The molecule has 13 heteroatoms. The molecule has 1 aliphatic rings. The zero-order valence-corrected chi connectivity index (χ0v) is 24.9. The maximum absolute atomic E-state index is 14.2. The third kappa shape index (κ3) is 7.98. The molecule has 4 rings (SSSR count). The first kappa shape index (κ1) is 31.7. The Bertz CT molecular complexity index is 1470. The lowest BCUT2D eigenvalue weighted by Gasteiger charge is -2.36. The molecule has 1 saturated heterocycles. The van der Waals surface area contributed by atoms with Crippen LogP contribution in [-0.2, 0) is 22.9 Å². The number of amides is 2. The smallest absolute Gasteiger partial charge is 0.366 e. The van der Waals surface area contributed by atoms with E-state index in [1.165, 1.54) is 12.3 Å². The van der Waals surface area contributed by atoms with Gasteiger partial charge in [0.15, 0.2) is 0 Å². The standard InChI is InChI=1S/C30H36F3N7O3/c1-29(2,3)28-36-26(37-43-28)27(42)35-18-21-9-8-20(17-23(21)30(31,32)33)22-10-11-34-19-24(22)39-13-15-40(16-14-39)25(41)7-6-12-38(4)5/h6-11,17,19H,12-16,18H2,1-5H3,(H,35,42). The van der Waals surface area contributed by atoms with E-state index in [0.29, 0.717) is 49.5 Å². The molecular weight excluding hydrogens is 563 g/mol. The number of hydrogen-bond acceptors (Lipinski definition) is 8. The van der Waals surface area contributed by atoms with Crippen LogP contribution in [-0.4, -0.2) is 83.6 Å². The molecule has 43 heavy (non-hydrogen) atoms. The van der Waals surface area contributed by atoms with Gasteiger partial charge in [0.1, 0.15) is 0 Å². The van der Waals surface area contributed by atoms with Gasteiger partial charge in [-0.3, -0.25) is 14.6 Å². The first-order valence-corrected chi connectivity index (χ1v) is 13.9. The van der Waals surface area contributed by atoms with E-state index in [1.54, 1.807) is 29.3 Å². The summed E-state index contributed by atoms with van der Waals surface area (Å²) in [5.74, 6) is -0.808. The number of carbonyl (C=O) groups excluding carboxylic acids is 2. The Labute approximate surface area is 248 Å². The van der Waals surface area contributed by atoms with Crippen molar-refractivity contribution < 1.29 is 27.3 Å². The van der Waals surface area contributed by atoms with Crippen LogP contribution in [0.25, 0.3) is 11.1 Å². The second-order valence-corrected chi connectivity index (χ2v) is 11.6. The van der Waals surface area contributed by atoms with E-state index in [0.717, 1.165) is 6.07 Å². The van der Waals surface area contributed by atoms with Crippen molar-refractivity contribution in [2.75, 3.05) is 51.7 Å². The van der Waals surface area contributed by atoms with Crippen LogP contribution in [0.5, 0.6) is 0 Å². The maximum Gasteiger partial charge on any atom is 0.416 e. The molecule has 0 bridgehead atoms. The van der Waals surface area contributed by atoms with Crippen LogP contribution in [0.4, 0.5) is 18.9 Å². The van der Waals surface area contributed by atoms with Gasteiger partial charge in [0.25, 0.3) is 11.7 Å². The molecule has 2 amide bonds. The minimum absolute atomic E-state index is 0.0700. The van der Waals surface area contributed by atoms with Gasteiger partial charge in [0.2, 0.25) is 11.8 Å². The Kier molecular flexibility index (Phi) is 9.53. The van der Waals surface area contributed by atoms with Gasteiger partial charge >= 0.3 is 6.18 Å². The normalized spacial score (nSPS) is 14.5. The highest BCUT2D eigenvalue weighted by Crippen LogP contribution is 2.37. The molecule has 0 atom stereocenters. The topological polar surface area (TPSA) is 108 Å². The Hall–Kier alpha value is -4.26. The van der Waals surface area contributed by atoms with Crippen LogP contribution >= 0.6 is 0 Å². The lowest BCUT2D eigenvalue weighted by Crippen LogP contribution is -2.48. The van der Waals surface area contributed by atoms with Crippen molar-refractivity contribution in [3.63, 3.8) is 0 Å². The van der Waals surface area contributed by atoms with Crippen LogP contribution in [0.15, 0.2) is 53.3 Å². The van der Waals surface area contributed by atoms with E-state index in [9.17, 15) is 22.8 Å². The molecule has 230 valence electrons. The molecule has 0 aliphatic carbocycles. The number of piperazine rings is 1. The molecule has 0 spiro atoms. The maximum atomic E-state index is 14.2. The fraction of sp³-hybridized carbons (Fsp3) is 0.433. The van der Waals surface area contributed by atoms with Gasteiger partial charge in [-0.25, -0.2) is 0 Å². The van der Waals surface area contributed by atoms with Crippen molar-refractivity contribution in [1.29, 1.82) is 0 Å². The molecule has 3 aromatic rings. The molecule has 1 fully saturated rings. The van der Waals surface area contributed by atoms with Crippen molar-refractivity contribution in [1.82, 2.24) is 30.2 Å². The molecule has 10 nitrogen and oxygen atoms in total. The number of hydrogen-bond donors (Lipinski definition) is 1. The van der Waals surface area contributed by atoms with Gasteiger partial charge in [0, 0.05) is 62.5 Å². The Morgan fingerprint density at radius 2 is 1.81 bits per heavy atom. The summed E-state index contributed by atoms with van der Waals surface area (Å²) in [7, 11) is 3.84. The van der Waals surface area contributed by atoms with Crippen molar-refractivity contribution in [2.45, 2.75) is 38.9 Å². The minimum atomic E-state index is -4.67. The quantitative estimate of drug-likeness (QED) is 0.385. The zero-order chi connectivity index (χ0) is 31.4. The fourth-order valence-corrected chi connectivity index (χ4v) is 4.56. The summed E-state index contributed by atoms with van der Waals surface area (Å²) in [6.07, 6.45) is 1.88. The van der Waals surface area contributed by atoms with E-state index in [1.807, 2.05) is 50.7 Å². The van der Waals surface area contributed by atoms with E-state index in [-0.39, 0.29) is 29.7 Å². The van der Waals surface area contributed by atoms with Crippen LogP contribution < -0.4 is 10.2 Å². The number of alkyl halides is 3. The highest BCUT2D eigenvalue weighted by molar-refractivity contribution is 5.90. The number of nitrogens with zero attached hydrogens (tertiary/aromatic N) is 6. The third-order valence-electron chi connectivity index (χ3n) is 6.90. The summed E-state index contributed by atoms with van der Waals surface area (Å²) in [5.41, 5.74) is 0.176. The minimum Gasteiger partial charge on any atom is -0.366 e. The largest absolute Gasteiger partial charge is 0.416 e. The molecule has 1 aromatic carbocycles. The zero-order valence-electron chi connectivity index (χ0n) is 24.9. The highest BCUT2D eigenvalue weighted by Gasteiger charge is 2.34. The first-order valence-electron chi connectivity index (χ1n) is 13.9. The van der Waals surface area contributed by atoms with E-state index in [2.05, 4.69) is 20.4 Å². The summed E-state index contributed by atoms with van der Waals surface area (Å²) in [6, 6.07) is 5.71. The van der Waals surface area contributed by atoms with Crippen LogP contribution in [0.2, 0.25) is 0 Å². The Morgan fingerprint density at radius 1 is 1.09 bits per heavy atom. The summed E-state index contributed by atoms with van der Waals surface area (Å²) in [6.45, 7) is 7.75. The van der Waals surface area contributed by atoms with Gasteiger partial charge in [-0.1, -0.05) is 44.1 Å². The van der Waals surface area contributed by atoms with E-state index in [4.69, 9.17) is 4.52 Å². The predicted molar refractivity (Wildman–Crippen MR) is 155 cm³/mol. The monoisotopic (exact) mass is 599 g/mol. The summed E-state index contributed by atoms with van der Waals surface area (Å²) in [5, 5.41) is 6.11. The van der Waals surface area contributed by atoms with E-state index >= 15 is 0 Å². The van der Waals surface area contributed by atoms with Gasteiger partial charge in [-0.2, -0.15) is 18.2 Å². The number of nitrogens with one attached hydrogen (secondary N) is 1. The number of anilines is 1. The summed E-state index contributed by atoms with van der Waals surface area (Å²) in [4.78, 5) is 39.1. The average molecular weight is 600 g/mol. The van der Waals surface area contributed by atoms with Crippen molar-refractivity contribution >= 4 is 17.5 Å². The number of carbonyl (C=O) groups is 2. The number of pyridine rings is 1. The molecule has 3 heterocycles. The number of aromatic nitrogens is 3. The van der Waals surface area contributed by atoms with Crippen LogP contribution in [0.3, 0.4) is 0 Å². The molecular formula is C30H36F3N7O3. The summed E-state index contributed by atoms with van der Waals surface area (Å²) >= 11 is 0. The third-order valence-corrected chi connectivity index (χ3v) is 6.90. The van der Waals surface area contributed by atoms with Crippen molar-refractivity contribution in [2.24, 2.45) is 0 Å². The molecule has 0 radical (unpaired) electrons. The Morgan fingerprint density at radius 3 is 2.44 bits per heavy atom.